The van der Waals surface area contributed by atoms with Crippen LogP contribution in [0.3, 0.4) is 0 Å². The van der Waals surface area contributed by atoms with Crippen LogP contribution in [0, 0.1) is 0 Å². The van der Waals surface area contributed by atoms with E-state index >= 15 is 0 Å². The number of unbranched alkanes of at least 4 members (excludes halogenated alkanes) is 1. The van der Waals surface area contributed by atoms with E-state index in [0.29, 0.717) is 0 Å². The number of rotatable bonds is 5. The smallest absolute Gasteiger partial charge is 0.243 e. The molecule has 0 spiro atoms. The second kappa shape index (κ2) is 6.91. The van der Waals surface area contributed by atoms with Crippen molar-refractivity contribution in [3.8, 4) is 0 Å². The number of halogens is 1. The molecule has 2 aliphatic heterocycles. The van der Waals surface area contributed by atoms with Gasteiger partial charge in [0.05, 0.1) is 6.04 Å². The fourth-order valence-corrected chi connectivity index (χ4v) is 3.97. The first-order valence-electron chi connectivity index (χ1n) is 8.52. The topological polar surface area (TPSA) is 23.6 Å². The lowest BCUT2D eigenvalue weighted by Crippen LogP contribution is -2.56. The third-order valence-corrected chi connectivity index (χ3v) is 5.26. The molecule has 0 aliphatic carbocycles. The highest BCUT2D eigenvalue weighted by Crippen LogP contribution is 2.42. The van der Waals surface area contributed by atoms with Crippen LogP contribution >= 0.6 is 11.6 Å². The zero-order valence-corrected chi connectivity index (χ0v) is 14.1. The maximum Gasteiger partial charge on any atom is 0.243 e. The van der Waals surface area contributed by atoms with Crippen LogP contribution in [-0.2, 0) is 4.79 Å². The number of carbonyl (C=O) groups is 1. The molecule has 0 N–H and O–H groups in total. The number of carbonyl (C=O) groups excluding carboxylic acids is 1. The summed E-state index contributed by atoms with van der Waals surface area (Å²) in [6, 6.07) is 8.53. The van der Waals surface area contributed by atoms with Crippen molar-refractivity contribution in [1.82, 2.24) is 4.90 Å². The average Bonchev–Trinajstić information content (AvgIpc) is 2.58. The van der Waals surface area contributed by atoms with E-state index in [0.717, 1.165) is 32.5 Å². The minimum Gasteiger partial charge on any atom is -0.371 e. The Labute approximate surface area is 138 Å². The Morgan fingerprint density at radius 2 is 1.91 bits per heavy atom. The summed E-state index contributed by atoms with van der Waals surface area (Å²) in [6.07, 6.45) is 5.96. The Balaban J connectivity index is 1.85. The molecule has 1 aromatic rings. The van der Waals surface area contributed by atoms with Crippen LogP contribution in [0.4, 0.5) is 5.69 Å². The molecule has 2 aliphatic rings. The summed E-state index contributed by atoms with van der Waals surface area (Å²) in [6.45, 7) is 5.19. The van der Waals surface area contributed by atoms with Gasteiger partial charge >= 0.3 is 0 Å². The number of hydrogen-bond donors (Lipinski definition) is 0. The molecule has 1 amide bonds. The number of amides is 1. The highest BCUT2D eigenvalue weighted by atomic mass is 35.5. The van der Waals surface area contributed by atoms with Crippen LogP contribution in [0.15, 0.2) is 24.3 Å². The van der Waals surface area contributed by atoms with Crippen molar-refractivity contribution in [3.05, 3.63) is 29.8 Å². The second-order valence-corrected chi connectivity index (χ2v) is 6.81. The maximum absolute atomic E-state index is 12.1. The summed E-state index contributed by atoms with van der Waals surface area (Å²) in [5.74, 6) is 0.0913. The van der Waals surface area contributed by atoms with Gasteiger partial charge in [-0.2, -0.15) is 0 Å². The van der Waals surface area contributed by atoms with Crippen molar-refractivity contribution < 1.29 is 4.79 Å². The summed E-state index contributed by atoms with van der Waals surface area (Å²) in [5, 5.41) is -0.400. The van der Waals surface area contributed by atoms with E-state index in [9.17, 15) is 4.79 Å². The molecule has 22 heavy (non-hydrogen) atoms. The normalized spacial score (nSPS) is 25.3. The highest BCUT2D eigenvalue weighted by molar-refractivity contribution is 6.33. The maximum atomic E-state index is 12.1. The van der Waals surface area contributed by atoms with Crippen molar-refractivity contribution >= 4 is 23.2 Å². The van der Waals surface area contributed by atoms with Gasteiger partial charge in [-0.1, -0.05) is 31.5 Å². The zero-order chi connectivity index (χ0) is 15.5. The summed E-state index contributed by atoms with van der Waals surface area (Å²) >= 11 is 6.37. The molecule has 0 bridgehead atoms. The Bertz CT molecular complexity index is 528. The van der Waals surface area contributed by atoms with Crippen LogP contribution < -0.4 is 4.90 Å². The Morgan fingerprint density at radius 3 is 2.64 bits per heavy atom. The average molecular weight is 321 g/mol. The standard InChI is InChI=1S/C18H25ClN2O/c1-2-3-13-21-17(16(19)18(21)22)14-9-5-6-10-15(14)20-11-7-4-8-12-20/h5-6,9-10,16-17H,2-4,7-8,11-13H2,1H3/t16-,17-/m0/s1. The number of alkyl halides is 1. The number of likely N-dealkylation sites (tertiary alicyclic amines) is 1. The monoisotopic (exact) mass is 320 g/mol. The molecule has 3 nitrogen and oxygen atoms in total. The van der Waals surface area contributed by atoms with Gasteiger partial charge in [0.25, 0.3) is 0 Å². The quantitative estimate of drug-likeness (QED) is 0.605. The highest BCUT2D eigenvalue weighted by Gasteiger charge is 2.47. The van der Waals surface area contributed by atoms with Crippen LogP contribution in [0.1, 0.15) is 50.6 Å². The Kier molecular flexibility index (Phi) is 4.92. The predicted octanol–water partition coefficient (Wildman–Crippen LogP) is 3.97. The predicted molar refractivity (Wildman–Crippen MR) is 91.5 cm³/mol. The first-order valence-corrected chi connectivity index (χ1v) is 8.96. The minimum absolute atomic E-state index is 0.0406. The molecule has 4 heteroatoms. The number of piperidine rings is 1. The molecule has 0 aromatic heterocycles. The third-order valence-electron chi connectivity index (χ3n) is 4.84. The van der Waals surface area contributed by atoms with Gasteiger partial charge in [-0.05, 0) is 37.3 Å². The summed E-state index contributed by atoms with van der Waals surface area (Å²) in [4.78, 5) is 16.5. The SMILES string of the molecule is CCCCN1C(=O)[C@@H](Cl)[C@@H]1c1ccccc1N1CCCCC1. The van der Waals surface area contributed by atoms with Crippen molar-refractivity contribution in [2.45, 2.75) is 50.4 Å². The van der Waals surface area contributed by atoms with E-state index in [1.807, 2.05) is 4.90 Å². The van der Waals surface area contributed by atoms with Crippen LogP contribution in [0.5, 0.6) is 0 Å². The Hall–Kier alpha value is -1.22. The van der Waals surface area contributed by atoms with Crippen LogP contribution in [0.2, 0.25) is 0 Å². The third kappa shape index (κ3) is 2.83. The number of β-lactam (4-membered cyclic amide) rings is 1. The van der Waals surface area contributed by atoms with Gasteiger partial charge in [-0.15, -0.1) is 11.6 Å². The van der Waals surface area contributed by atoms with Crippen LogP contribution in [-0.4, -0.2) is 35.8 Å². The Morgan fingerprint density at radius 1 is 1.18 bits per heavy atom. The number of para-hydroxylation sites is 1. The molecule has 120 valence electrons. The largest absolute Gasteiger partial charge is 0.371 e. The molecule has 2 fully saturated rings. The van der Waals surface area contributed by atoms with Gasteiger partial charge in [0, 0.05) is 25.3 Å². The van der Waals surface area contributed by atoms with Crippen molar-refractivity contribution in [2.24, 2.45) is 0 Å². The van der Waals surface area contributed by atoms with E-state index in [2.05, 4.69) is 36.1 Å². The van der Waals surface area contributed by atoms with Gasteiger partial charge in [-0.3, -0.25) is 4.79 Å². The van der Waals surface area contributed by atoms with Crippen molar-refractivity contribution in [3.63, 3.8) is 0 Å². The molecule has 0 radical (unpaired) electrons. The molecule has 0 saturated carbocycles. The van der Waals surface area contributed by atoms with E-state index < -0.39 is 5.38 Å². The molecule has 3 rings (SSSR count). The van der Waals surface area contributed by atoms with Gasteiger partial charge in [0.1, 0.15) is 5.38 Å². The molecule has 0 unspecified atom stereocenters. The fourth-order valence-electron chi connectivity index (χ4n) is 3.57. The lowest BCUT2D eigenvalue weighted by molar-refractivity contribution is -0.145. The summed E-state index contributed by atoms with van der Waals surface area (Å²) in [7, 11) is 0. The number of benzene rings is 1. The summed E-state index contributed by atoms with van der Waals surface area (Å²) < 4.78 is 0. The second-order valence-electron chi connectivity index (χ2n) is 6.34. The molecule has 2 heterocycles. The van der Waals surface area contributed by atoms with E-state index in [1.54, 1.807) is 0 Å². The number of hydrogen-bond acceptors (Lipinski definition) is 2. The molecule has 2 atom stereocenters. The lowest BCUT2D eigenvalue weighted by Gasteiger charge is -2.46. The summed E-state index contributed by atoms with van der Waals surface area (Å²) in [5.41, 5.74) is 2.49. The zero-order valence-electron chi connectivity index (χ0n) is 13.3. The molecule has 2 saturated heterocycles. The van der Waals surface area contributed by atoms with Crippen molar-refractivity contribution in [1.29, 1.82) is 0 Å². The van der Waals surface area contributed by atoms with Crippen molar-refractivity contribution in [2.75, 3.05) is 24.5 Å². The van der Waals surface area contributed by atoms with E-state index in [1.165, 1.54) is 30.5 Å². The minimum atomic E-state index is -0.400. The fraction of sp³-hybridized carbons (Fsp3) is 0.611. The van der Waals surface area contributed by atoms with Crippen LogP contribution in [0.25, 0.3) is 0 Å². The molecular weight excluding hydrogens is 296 g/mol. The first-order chi connectivity index (χ1) is 10.7. The first kappa shape index (κ1) is 15.7. The molecule has 1 aromatic carbocycles. The van der Waals surface area contributed by atoms with Gasteiger partial charge in [0.2, 0.25) is 5.91 Å². The van der Waals surface area contributed by atoms with E-state index in [4.69, 9.17) is 11.6 Å². The lowest BCUT2D eigenvalue weighted by atomic mass is 9.90. The van der Waals surface area contributed by atoms with Gasteiger partial charge < -0.3 is 9.80 Å². The number of anilines is 1. The van der Waals surface area contributed by atoms with E-state index in [-0.39, 0.29) is 11.9 Å². The molecular formula is C18H25ClN2O. The number of nitrogens with zero attached hydrogens (tertiary/aromatic N) is 2. The van der Waals surface area contributed by atoms with Gasteiger partial charge in [0.15, 0.2) is 0 Å². The van der Waals surface area contributed by atoms with Gasteiger partial charge in [-0.25, -0.2) is 0 Å².